The van der Waals surface area contributed by atoms with Crippen molar-refractivity contribution in [1.82, 2.24) is 9.80 Å². The molecule has 2 heterocycles. The van der Waals surface area contributed by atoms with Crippen molar-refractivity contribution in [3.05, 3.63) is 60.2 Å². The number of para-hydroxylation sites is 1. The summed E-state index contributed by atoms with van der Waals surface area (Å²) in [5.41, 5.74) is 2.48. The summed E-state index contributed by atoms with van der Waals surface area (Å²) >= 11 is 0. The minimum atomic E-state index is -0.998. The number of piperazine rings is 1. The molecule has 2 bridgehead atoms. The van der Waals surface area contributed by atoms with Gasteiger partial charge in [0, 0.05) is 30.0 Å². The number of anilines is 2. The van der Waals surface area contributed by atoms with Crippen LogP contribution in [0.4, 0.5) is 11.4 Å². The molecule has 1 unspecified atom stereocenters. The van der Waals surface area contributed by atoms with E-state index in [1.54, 1.807) is 4.90 Å². The Balaban J connectivity index is 1.50. The van der Waals surface area contributed by atoms with E-state index >= 15 is 0 Å². The Morgan fingerprint density at radius 3 is 2.29 bits per heavy atom. The Kier molecular flexibility index (Phi) is 5.05. The van der Waals surface area contributed by atoms with Gasteiger partial charge in [0.25, 0.3) is 11.8 Å². The molecule has 3 atom stereocenters. The van der Waals surface area contributed by atoms with E-state index in [-0.39, 0.29) is 23.9 Å². The summed E-state index contributed by atoms with van der Waals surface area (Å²) in [6, 6.07) is 17.4. The van der Waals surface area contributed by atoms with Gasteiger partial charge in [-0.3, -0.25) is 9.59 Å². The molecule has 2 fully saturated rings. The number of nitrogens with zero attached hydrogens (tertiary/aromatic N) is 2. The van der Waals surface area contributed by atoms with Crippen LogP contribution in [0.15, 0.2) is 54.6 Å². The van der Waals surface area contributed by atoms with E-state index in [4.69, 9.17) is 0 Å². The van der Waals surface area contributed by atoms with Crippen molar-refractivity contribution in [2.45, 2.75) is 38.0 Å². The molecule has 2 amide bonds. The second-order valence-electron chi connectivity index (χ2n) is 7.59. The number of fused-ring (bicyclic) bond motifs is 2. The van der Waals surface area contributed by atoms with Gasteiger partial charge >= 0.3 is 0 Å². The molecule has 0 aliphatic carbocycles. The van der Waals surface area contributed by atoms with Crippen LogP contribution in [-0.2, 0) is 4.79 Å². The third-order valence-corrected chi connectivity index (χ3v) is 5.56. The molecule has 2 aromatic carbocycles. The fourth-order valence-corrected chi connectivity index (χ4v) is 4.25. The number of benzene rings is 2. The van der Waals surface area contributed by atoms with Crippen LogP contribution in [-0.4, -0.2) is 58.0 Å². The van der Waals surface area contributed by atoms with Crippen LogP contribution < -0.4 is 5.32 Å². The first kappa shape index (κ1) is 18.5. The molecule has 146 valence electrons. The zero-order valence-electron chi connectivity index (χ0n) is 15.9. The van der Waals surface area contributed by atoms with Gasteiger partial charge in [-0.1, -0.05) is 24.3 Å². The van der Waals surface area contributed by atoms with E-state index in [1.165, 1.54) is 6.92 Å². The van der Waals surface area contributed by atoms with E-state index in [0.29, 0.717) is 18.7 Å². The molecule has 0 aromatic heterocycles. The van der Waals surface area contributed by atoms with E-state index in [2.05, 4.69) is 5.32 Å². The van der Waals surface area contributed by atoms with E-state index < -0.39 is 6.10 Å². The SMILES string of the molecule is CC(O)C(=O)N1C[C@H]2CC[C@@H](C1)N2C(=O)c1cccc(Nc2ccccc2)c1. The molecule has 0 radical (unpaired) electrons. The fraction of sp³-hybridized carbons (Fsp3) is 0.364. The zero-order valence-corrected chi connectivity index (χ0v) is 15.9. The van der Waals surface area contributed by atoms with Crippen molar-refractivity contribution in [3.8, 4) is 0 Å². The summed E-state index contributed by atoms with van der Waals surface area (Å²) in [6.07, 6.45) is 0.784. The second kappa shape index (κ2) is 7.64. The normalized spacial score (nSPS) is 22.1. The van der Waals surface area contributed by atoms with Gasteiger partial charge in [-0.15, -0.1) is 0 Å². The molecule has 0 saturated carbocycles. The third kappa shape index (κ3) is 3.60. The smallest absolute Gasteiger partial charge is 0.254 e. The number of aliphatic hydroxyl groups is 1. The van der Waals surface area contributed by atoms with Gasteiger partial charge in [0.15, 0.2) is 0 Å². The number of rotatable bonds is 4. The van der Waals surface area contributed by atoms with Crippen molar-refractivity contribution < 1.29 is 14.7 Å². The van der Waals surface area contributed by atoms with Gasteiger partial charge in [0.05, 0.1) is 12.1 Å². The molecule has 2 aromatic rings. The molecule has 4 rings (SSSR count). The lowest BCUT2D eigenvalue weighted by atomic mass is 10.1. The number of likely N-dealkylation sites (tertiary alicyclic amines) is 1. The van der Waals surface area contributed by atoms with Crippen LogP contribution >= 0.6 is 0 Å². The summed E-state index contributed by atoms with van der Waals surface area (Å²) in [7, 11) is 0. The minimum absolute atomic E-state index is 0.00774. The minimum Gasteiger partial charge on any atom is -0.384 e. The lowest BCUT2D eigenvalue weighted by Gasteiger charge is -2.41. The molecule has 2 saturated heterocycles. The quantitative estimate of drug-likeness (QED) is 0.857. The first-order chi connectivity index (χ1) is 13.5. The first-order valence-electron chi connectivity index (χ1n) is 9.74. The number of amides is 2. The predicted octanol–water partition coefficient (Wildman–Crippen LogP) is 2.63. The Labute approximate surface area is 164 Å². The second-order valence-corrected chi connectivity index (χ2v) is 7.59. The Morgan fingerprint density at radius 1 is 1.00 bits per heavy atom. The average Bonchev–Trinajstić information content (AvgIpc) is 2.97. The number of carbonyl (C=O) groups excluding carboxylic acids is 2. The summed E-state index contributed by atoms with van der Waals surface area (Å²) in [4.78, 5) is 29.0. The molecule has 2 aliphatic rings. The molecule has 2 aliphatic heterocycles. The molecular weight excluding hydrogens is 354 g/mol. The standard InChI is InChI=1S/C22H25N3O3/c1-15(26)21(27)24-13-19-10-11-20(14-24)25(19)22(28)16-6-5-9-18(12-16)23-17-7-3-2-4-8-17/h2-9,12,15,19-20,23,26H,10-11,13-14H2,1H3/t15?,19-,20+. The van der Waals surface area contributed by atoms with Crippen molar-refractivity contribution >= 4 is 23.2 Å². The molecule has 6 nitrogen and oxygen atoms in total. The largest absolute Gasteiger partial charge is 0.384 e. The lowest BCUT2D eigenvalue weighted by Crippen LogP contribution is -2.58. The molecule has 28 heavy (non-hydrogen) atoms. The van der Waals surface area contributed by atoms with Gasteiger partial charge in [-0.2, -0.15) is 0 Å². The van der Waals surface area contributed by atoms with Crippen LogP contribution in [0, 0.1) is 0 Å². The van der Waals surface area contributed by atoms with Crippen molar-refractivity contribution in [3.63, 3.8) is 0 Å². The van der Waals surface area contributed by atoms with Crippen LogP contribution in [0.2, 0.25) is 0 Å². The van der Waals surface area contributed by atoms with Crippen molar-refractivity contribution in [2.75, 3.05) is 18.4 Å². The topological polar surface area (TPSA) is 72.9 Å². The van der Waals surface area contributed by atoms with Gasteiger partial charge in [-0.05, 0) is 50.1 Å². The van der Waals surface area contributed by atoms with Crippen molar-refractivity contribution in [2.24, 2.45) is 0 Å². The van der Waals surface area contributed by atoms with Crippen molar-refractivity contribution in [1.29, 1.82) is 0 Å². The Hall–Kier alpha value is -2.86. The monoisotopic (exact) mass is 379 g/mol. The van der Waals surface area contributed by atoms with Crippen LogP contribution in [0.3, 0.4) is 0 Å². The first-order valence-corrected chi connectivity index (χ1v) is 9.74. The summed E-state index contributed by atoms with van der Waals surface area (Å²) in [6.45, 7) is 2.48. The summed E-state index contributed by atoms with van der Waals surface area (Å²) in [5, 5.41) is 12.9. The van der Waals surface area contributed by atoms with Crippen LogP contribution in [0.1, 0.15) is 30.1 Å². The number of nitrogens with one attached hydrogen (secondary N) is 1. The highest BCUT2D eigenvalue weighted by Gasteiger charge is 2.44. The maximum absolute atomic E-state index is 13.2. The van der Waals surface area contributed by atoms with Gasteiger partial charge < -0.3 is 20.2 Å². The number of hydrogen-bond acceptors (Lipinski definition) is 4. The predicted molar refractivity (Wildman–Crippen MR) is 107 cm³/mol. The highest BCUT2D eigenvalue weighted by atomic mass is 16.3. The fourth-order valence-electron chi connectivity index (χ4n) is 4.25. The third-order valence-electron chi connectivity index (χ3n) is 5.56. The zero-order chi connectivity index (χ0) is 19.7. The van der Waals surface area contributed by atoms with Gasteiger partial charge in [0.1, 0.15) is 6.10 Å². The molecule has 0 spiro atoms. The maximum atomic E-state index is 13.2. The van der Waals surface area contributed by atoms with Crippen LogP contribution in [0.25, 0.3) is 0 Å². The molecule has 6 heteroatoms. The lowest BCUT2D eigenvalue weighted by molar-refractivity contribution is -0.142. The van der Waals surface area contributed by atoms with E-state index in [0.717, 1.165) is 24.2 Å². The molecular formula is C22H25N3O3. The van der Waals surface area contributed by atoms with Crippen LogP contribution in [0.5, 0.6) is 0 Å². The molecule has 2 N–H and O–H groups in total. The number of carbonyl (C=O) groups is 2. The Bertz CT molecular complexity index is 854. The number of hydrogen-bond donors (Lipinski definition) is 2. The average molecular weight is 379 g/mol. The Morgan fingerprint density at radius 2 is 1.64 bits per heavy atom. The van der Waals surface area contributed by atoms with E-state index in [1.807, 2.05) is 59.5 Å². The summed E-state index contributed by atoms with van der Waals surface area (Å²) in [5.74, 6) is -0.244. The highest BCUT2D eigenvalue weighted by Crippen LogP contribution is 2.32. The van der Waals surface area contributed by atoms with Gasteiger partial charge in [-0.25, -0.2) is 0 Å². The van der Waals surface area contributed by atoms with E-state index in [9.17, 15) is 14.7 Å². The van der Waals surface area contributed by atoms with Gasteiger partial charge in [0.2, 0.25) is 0 Å². The summed E-state index contributed by atoms with van der Waals surface area (Å²) < 4.78 is 0. The highest BCUT2D eigenvalue weighted by molar-refractivity contribution is 5.96. The maximum Gasteiger partial charge on any atom is 0.254 e. The number of aliphatic hydroxyl groups excluding tert-OH is 1.